The number of amides is 1. The summed E-state index contributed by atoms with van der Waals surface area (Å²) in [6.07, 6.45) is 4.02. The second-order valence-corrected chi connectivity index (χ2v) is 6.15. The van der Waals surface area contributed by atoms with E-state index in [1.807, 2.05) is 0 Å². The number of methoxy groups -OCH3 is 1. The summed E-state index contributed by atoms with van der Waals surface area (Å²) in [6.45, 7) is 0. The zero-order valence-electron chi connectivity index (χ0n) is 11.4. The van der Waals surface area contributed by atoms with Crippen LogP contribution in [0.5, 0.6) is 5.75 Å². The van der Waals surface area contributed by atoms with E-state index in [1.54, 1.807) is 6.07 Å². The van der Waals surface area contributed by atoms with Crippen molar-refractivity contribution >= 4 is 21.7 Å². The zero-order valence-corrected chi connectivity index (χ0v) is 12.2. The first kappa shape index (κ1) is 14.9. The van der Waals surface area contributed by atoms with Crippen molar-refractivity contribution in [2.24, 2.45) is 0 Å². The van der Waals surface area contributed by atoms with Gasteiger partial charge in [0, 0.05) is 24.2 Å². The lowest BCUT2D eigenvalue weighted by atomic mass is 10.2. The van der Waals surface area contributed by atoms with Crippen molar-refractivity contribution in [3.05, 3.63) is 42.2 Å². The summed E-state index contributed by atoms with van der Waals surface area (Å²) >= 11 is 0. The van der Waals surface area contributed by atoms with E-state index in [0.717, 1.165) is 6.26 Å². The molecule has 7 nitrogen and oxygen atoms in total. The first-order valence-electron chi connectivity index (χ1n) is 5.88. The van der Waals surface area contributed by atoms with Gasteiger partial charge < -0.3 is 4.74 Å². The predicted octanol–water partition coefficient (Wildman–Crippen LogP) is 1.14. The Bertz CT molecular complexity index is 760. The highest BCUT2D eigenvalue weighted by Crippen LogP contribution is 2.25. The molecule has 2 aromatic rings. The fourth-order valence-electron chi connectivity index (χ4n) is 1.65. The average Bonchev–Trinajstić information content (AvgIpc) is 2.46. The number of hydrogen-bond acceptors (Lipinski definition) is 6. The molecular weight excluding hydrogens is 294 g/mol. The van der Waals surface area contributed by atoms with Gasteiger partial charge in [-0.3, -0.25) is 10.1 Å². The van der Waals surface area contributed by atoms with Gasteiger partial charge in [-0.1, -0.05) is 0 Å². The van der Waals surface area contributed by atoms with Gasteiger partial charge in [-0.2, -0.15) is 0 Å². The summed E-state index contributed by atoms with van der Waals surface area (Å²) in [7, 11) is -2.15. The van der Waals surface area contributed by atoms with Crippen LogP contribution in [0.15, 0.2) is 41.6 Å². The number of carbonyl (C=O) groups excluding carboxylic acids is 1. The molecule has 0 radical (unpaired) electrons. The highest BCUT2D eigenvalue weighted by atomic mass is 32.2. The van der Waals surface area contributed by atoms with Crippen molar-refractivity contribution in [2.45, 2.75) is 4.90 Å². The van der Waals surface area contributed by atoms with Crippen LogP contribution in [-0.2, 0) is 9.84 Å². The number of nitrogens with zero attached hydrogens (tertiary/aromatic N) is 2. The van der Waals surface area contributed by atoms with Gasteiger partial charge in [0.25, 0.3) is 5.91 Å². The third kappa shape index (κ3) is 3.54. The van der Waals surface area contributed by atoms with E-state index in [9.17, 15) is 13.2 Å². The lowest BCUT2D eigenvalue weighted by molar-refractivity contribution is 0.102. The molecule has 0 bridgehead atoms. The second-order valence-electron chi connectivity index (χ2n) is 4.16. The highest BCUT2D eigenvalue weighted by molar-refractivity contribution is 7.90. The van der Waals surface area contributed by atoms with Crippen molar-refractivity contribution in [3.63, 3.8) is 0 Å². The number of benzene rings is 1. The van der Waals surface area contributed by atoms with E-state index < -0.39 is 15.7 Å². The number of ether oxygens (including phenoxy) is 1. The Morgan fingerprint density at radius 3 is 2.48 bits per heavy atom. The largest absolute Gasteiger partial charge is 0.495 e. The van der Waals surface area contributed by atoms with Gasteiger partial charge in [0.1, 0.15) is 10.6 Å². The van der Waals surface area contributed by atoms with Crippen LogP contribution in [0.3, 0.4) is 0 Å². The number of hydrogen-bond donors (Lipinski definition) is 1. The van der Waals surface area contributed by atoms with Gasteiger partial charge in [-0.15, -0.1) is 0 Å². The van der Waals surface area contributed by atoms with Crippen LogP contribution in [0.4, 0.5) is 5.95 Å². The molecule has 0 unspecified atom stereocenters. The molecule has 0 aliphatic rings. The maximum absolute atomic E-state index is 12.1. The van der Waals surface area contributed by atoms with Crippen LogP contribution in [0.2, 0.25) is 0 Å². The Labute approximate surface area is 121 Å². The van der Waals surface area contributed by atoms with Crippen molar-refractivity contribution in [3.8, 4) is 5.75 Å². The standard InChI is InChI=1S/C13H13N3O4S/c1-20-10-5-4-9(8-11(10)21(2,18)19)12(17)16-13-14-6-3-7-15-13/h3-8H,1-2H3,(H,14,15,16,17). The number of aromatic nitrogens is 2. The van der Waals surface area contributed by atoms with Crippen LogP contribution in [0, 0.1) is 0 Å². The van der Waals surface area contributed by atoms with E-state index >= 15 is 0 Å². The molecule has 1 aromatic heterocycles. The van der Waals surface area contributed by atoms with Crippen molar-refractivity contribution < 1.29 is 17.9 Å². The Morgan fingerprint density at radius 2 is 1.90 bits per heavy atom. The Kier molecular flexibility index (Phi) is 4.18. The third-order valence-corrected chi connectivity index (χ3v) is 3.73. The first-order chi connectivity index (χ1) is 9.91. The Hall–Kier alpha value is -2.48. The quantitative estimate of drug-likeness (QED) is 0.909. The molecule has 8 heteroatoms. The number of carbonyl (C=O) groups is 1. The second kappa shape index (κ2) is 5.88. The molecule has 0 saturated heterocycles. The van der Waals surface area contributed by atoms with Crippen molar-refractivity contribution in [1.29, 1.82) is 0 Å². The van der Waals surface area contributed by atoms with Gasteiger partial charge in [-0.25, -0.2) is 18.4 Å². The number of sulfone groups is 1. The van der Waals surface area contributed by atoms with E-state index in [4.69, 9.17) is 4.74 Å². The van der Waals surface area contributed by atoms with Crippen molar-refractivity contribution in [1.82, 2.24) is 9.97 Å². The normalized spacial score (nSPS) is 11.0. The van der Waals surface area contributed by atoms with Gasteiger partial charge in [-0.05, 0) is 24.3 Å². The summed E-state index contributed by atoms with van der Waals surface area (Å²) in [5.74, 6) is -0.182. The zero-order chi connectivity index (χ0) is 15.5. The van der Waals surface area contributed by atoms with Gasteiger partial charge >= 0.3 is 0 Å². The molecule has 0 fully saturated rings. The summed E-state index contributed by atoms with van der Waals surface area (Å²) < 4.78 is 28.4. The average molecular weight is 307 g/mol. The maximum atomic E-state index is 12.1. The molecule has 1 heterocycles. The van der Waals surface area contributed by atoms with Gasteiger partial charge in [0.05, 0.1) is 7.11 Å². The lowest BCUT2D eigenvalue weighted by Crippen LogP contribution is -2.15. The topological polar surface area (TPSA) is 98.2 Å². The number of nitrogens with one attached hydrogen (secondary N) is 1. The summed E-state index contributed by atoms with van der Waals surface area (Å²) in [4.78, 5) is 19.7. The monoisotopic (exact) mass is 307 g/mol. The lowest BCUT2D eigenvalue weighted by Gasteiger charge is -2.09. The molecular formula is C13H13N3O4S. The number of anilines is 1. The SMILES string of the molecule is COc1ccc(C(=O)Nc2ncccn2)cc1S(C)(=O)=O. The molecule has 21 heavy (non-hydrogen) atoms. The smallest absolute Gasteiger partial charge is 0.258 e. The molecule has 0 spiro atoms. The van der Waals surface area contributed by atoms with E-state index in [0.29, 0.717) is 0 Å². The summed E-state index contributed by atoms with van der Waals surface area (Å²) in [5, 5.41) is 2.48. The highest BCUT2D eigenvalue weighted by Gasteiger charge is 2.17. The molecule has 1 amide bonds. The molecule has 0 atom stereocenters. The molecule has 2 rings (SSSR count). The van der Waals surface area contributed by atoms with Crippen LogP contribution in [-0.4, -0.2) is 37.7 Å². The van der Waals surface area contributed by atoms with Crippen LogP contribution < -0.4 is 10.1 Å². The molecule has 0 aliphatic carbocycles. The number of rotatable bonds is 4. The first-order valence-corrected chi connectivity index (χ1v) is 7.77. The summed E-state index contributed by atoms with van der Waals surface area (Å²) in [5.41, 5.74) is 0.170. The maximum Gasteiger partial charge on any atom is 0.258 e. The fourth-order valence-corrected chi connectivity index (χ4v) is 2.50. The molecule has 110 valence electrons. The van der Waals surface area contributed by atoms with Gasteiger partial charge in [0.2, 0.25) is 5.95 Å². The van der Waals surface area contributed by atoms with E-state index in [2.05, 4.69) is 15.3 Å². The van der Waals surface area contributed by atoms with Crippen LogP contribution in [0.1, 0.15) is 10.4 Å². The van der Waals surface area contributed by atoms with E-state index in [-0.39, 0.29) is 22.2 Å². The Balaban J connectivity index is 2.35. The Morgan fingerprint density at radius 1 is 1.24 bits per heavy atom. The van der Waals surface area contributed by atoms with Crippen molar-refractivity contribution in [2.75, 3.05) is 18.7 Å². The minimum atomic E-state index is -3.51. The molecule has 0 saturated carbocycles. The van der Waals surface area contributed by atoms with E-state index in [1.165, 1.54) is 37.7 Å². The predicted molar refractivity (Wildman–Crippen MR) is 76.1 cm³/mol. The molecule has 1 aromatic carbocycles. The van der Waals surface area contributed by atoms with Crippen LogP contribution in [0.25, 0.3) is 0 Å². The summed E-state index contributed by atoms with van der Waals surface area (Å²) in [6, 6.07) is 5.76. The van der Waals surface area contributed by atoms with Gasteiger partial charge in [0.15, 0.2) is 9.84 Å². The third-order valence-electron chi connectivity index (χ3n) is 2.62. The fraction of sp³-hybridized carbons (Fsp3) is 0.154. The minimum absolute atomic E-state index is 0.0494. The van der Waals surface area contributed by atoms with Crippen LogP contribution >= 0.6 is 0 Å². The molecule has 1 N–H and O–H groups in total. The molecule has 0 aliphatic heterocycles. The minimum Gasteiger partial charge on any atom is -0.495 e.